The number of nitrogens with two attached hydrogens (primary N) is 1. The van der Waals surface area contributed by atoms with Gasteiger partial charge < -0.3 is 9.73 Å². The molecule has 3 rings (SSSR count). The molecule has 0 radical (unpaired) electrons. The zero-order valence-electron chi connectivity index (χ0n) is 15.4. The molecule has 1 unspecified atom stereocenters. The molecule has 1 aromatic carbocycles. The maximum atomic E-state index is 12.9. The molecule has 1 atom stereocenters. The highest BCUT2D eigenvalue weighted by Crippen LogP contribution is 2.42. The summed E-state index contributed by atoms with van der Waals surface area (Å²) in [6.45, 7) is 7.93. The van der Waals surface area contributed by atoms with Gasteiger partial charge in [0.05, 0.1) is 10.9 Å². The molecule has 0 fully saturated rings. The Morgan fingerprint density at radius 3 is 2.62 bits per heavy atom. The van der Waals surface area contributed by atoms with Gasteiger partial charge in [-0.1, -0.05) is 19.9 Å². The average molecular weight is 376 g/mol. The van der Waals surface area contributed by atoms with E-state index in [-0.39, 0.29) is 22.3 Å². The van der Waals surface area contributed by atoms with Gasteiger partial charge in [-0.15, -0.1) is 0 Å². The number of carbonyl (C=O) groups excluding carboxylic acids is 1. The fourth-order valence-electron chi connectivity index (χ4n) is 3.57. The molecule has 0 saturated carbocycles. The van der Waals surface area contributed by atoms with E-state index >= 15 is 0 Å². The molecule has 2 aromatic rings. The number of primary sulfonamides is 1. The molecule has 1 aliphatic carbocycles. The maximum Gasteiger partial charge on any atom is 0.252 e. The van der Waals surface area contributed by atoms with Gasteiger partial charge >= 0.3 is 0 Å². The van der Waals surface area contributed by atoms with E-state index in [2.05, 4.69) is 19.2 Å². The van der Waals surface area contributed by atoms with E-state index < -0.39 is 10.0 Å². The molecule has 0 bridgehead atoms. The molecule has 6 nitrogen and oxygen atoms in total. The van der Waals surface area contributed by atoms with Gasteiger partial charge in [0.1, 0.15) is 11.5 Å². The topological polar surface area (TPSA) is 102 Å². The van der Waals surface area contributed by atoms with E-state index in [0.717, 1.165) is 29.9 Å². The van der Waals surface area contributed by atoms with Crippen molar-refractivity contribution < 1.29 is 17.6 Å². The van der Waals surface area contributed by atoms with Crippen molar-refractivity contribution in [1.29, 1.82) is 0 Å². The summed E-state index contributed by atoms with van der Waals surface area (Å²) in [5.74, 6) is 1.40. The highest BCUT2D eigenvalue weighted by atomic mass is 32.2. The predicted octanol–water partition coefficient (Wildman–Crippen LogP) is 2.99. The molecule has 0 aliphatic heterocycles. The Morgan fingerprint density at radius 2 is 1.96 bits per heavy atom. The van der Waals surface area contributed by atoms with Crippen LogP contribution in [0.4, 0.5) is 0 Å². The van der Waals surface area contributed by atoms with Crippen LogP contribution in [-0.4, -0.2) is 14.3 Å². The van der Waals surface area contributed by atoms with Crippen molar-refractivity contribution in [3.8, 4) is 0 Å². The molecule has 0 saturated heterocycles. The van der Waals surface area contributed by atoms with Crippen molar-refractivity contribution >= 4 is 15.9 Å². The summed E-state index contributed by atoms with van der Waals surface area (Å²) in [5.41, 5.74) is 1.98. The number of fused-ring (bicyclic) bond motifs is 1. The highest BCUT2D eigenvalue weighted by molar-refractivity contribution is 7.89. The largest absolute Gasteiger partial charge is 0.466 e. The molecule has 0 spiro atoms. The van der Waals surface area contributed by atoms with Gasteiger partial charge in [0.2, 0.25) is 10.0 Å². The second-order valence-corrected chi connectivity index (χ2v) is 9.39. The molecule has 3 N–H and O–H groups in total. The van der Waals surface area contributed by atoms with Crippen LogP contribution in [0.1, 0.15) is 59.3 Å². The minimum absolute atomic E-state index is 0.00721. The van der Waals surface area contributed by atoms with E-state index in [1.807, 2.05) is 13.0 Å². The number of nitrogens with one attached hydrogen (secondary N) is 1. The lowest BCUT2D eigenvalue weighted by Gasteiger charge is -2.34. The van der Waals surface area contributed by atoms with Crippen molar-refractivity contribution in [2.45, 2.75) is 51.5 Å². The molecule has 140 valence electrons. The van der Waals surface area contributed by atoms with Crippen molar-refractivity contribution in [3.05, 3.63) is 52.5 Å². The van der Waals surface area contributed by atoms with E-state index in [1.54, 1.807) is 13.0 Å². The van der Waals surface area contributed by atoms with E-state index in [0.29, 0.717) is 11.1 Å². The molecule has 1 aliphatic rings. The molecule has 1 heterocycles. The fourth-order valence-corrected chi connectivity index (χ4v) is 4.11. The number of sulfonamides is 1. The summed E-state index contributed by atoms with van der Waals surface area (Å²) < 4.78 is 29.0. The quantitative estimate of drug-likeness (QED) is 0.859. The lowest BCUT2D eigenvalue weighted by atomic mass is 9.74. The molecule has 1 aromatic heterocycles. The third-order valence-electron chi connectivity index (χ3n) is 4.82. The summed E-state index contributed by atoms with van der Waals surface area (Å²) in [7, 11) is -3.87. The molecular formula is C19H24N2O4S. The predicted molar refractivity (Wildman–Crippen MR) is 98.3 cm³/mol. The number of aryl methyl sites for hydroxylation is 2. The first-order valence-corrected chi connectivity index (χ1v) is 10.0. The second-order valence-electron chi connectivity index (χ2n) is 7.83. The standard InChI is InChI=1S/C19H24N2O4S/c1-11-5-6-13(26(20,23)24)8-14(11)18(22)21-16-9-19(3,4)10-17-15(16)7-12(2)25-17/h5-8,16H,9-10H2,1-4H3,(H,21,22)(H2,20,23,24). The van der Waals surface area contributed by atoms with Crippen LogP contribution >= 0.6 is 0 Å². The number of hydrogen-bond acceptors (Lipinski definition) is 4. The van der Waals surface area contributed by atoms with Gasteiger partial charge in [0, 0.05) is 17.5 Å². The normalized spacial score (nSPS) is 19.0. The zero-order valence-corrected chi connectivity index (χ0v) is 16.2. The SMILES string of the molecule is Cc1cc2c(o1)CC(C)(C)CC2NC(=O)c1cc(S(N)(=O)=O)ccc1C. The summed E-state index contributed by atoms with van der Waals surface area (Å²) >= 11 is 0. The van der Waals surface area contributed by atoms with Gasteiger partial charge in [0.25, 0.3) is 5.91 Å². The van der Waals surface area contributed by atoms with Gasteiger partial charge in [-0.2, -0.15) is 0 Å². The number of hydrogen-bond donors (Lipinski definition) is 2. The lowest BCUT2D eigenvalue weighted by molar-refractivity contribution is 0.0916. The Labute approximate surface area is 153 Å². The Morgan fingerprint density at radius 1 is 1.27 bits per heavy atom. The van der Waals surface area contributed by atoms with Gasteiger partial charge in [-0.25, -0.2) is 13.6 Å². The number of carbonyl (C=O) groups is 1. The lowest BCUT2D eigenvalue weighted by Crippen LogP contribution is -2.36. The first-order valence-electron chi connectivity index (χ1n) is 8.50. The summed E-state index contributed by atoms with van der Waals surface area (Å²) in [5, 5.41) is 8.24. The van der Waals surface area contributed by atoms with Gasteiger partial charge in [0.15, 0.2) is 0 Å². The highest BCUT2D eigenvalue weighted by Gasteiger charge is 2.35. The monoisotopic (exact) mass is 376 g/mol. The molecule has 26 heavy (non-hydrogen) atoms. The summed E-state index contributed by atoms with van der Waals surface area (Å²) in [6, 6.07) is 6.10. The summed E-state index contributed by atoms with van der Waals surface area (Å²) in [6.07, 6.45) is 1.60. The molecule has 1 amide bonds. The number of furan rings is 1. The maximum absolute atomic E-state index is 12.9. The van der Waals surface area contributed by atoms with Crippen LogP contribution in [0.15, 0.2) is 33.6 Å². The average Bonchev–Trinajstić information content (AvgIpc) is 2.85. The van der Waals surface area contributed by atoms with Crippen LogP contribution in [0.5, 0.6) is 0 Å². The Bertz CT molecular complexity index is 973. The van der Waals surface area contributed by atoms with Gasteiger partial charge in [-0.3, -0.25) is 4.79 Å². The fraction of sp³-hybridized carbons (Fsp3) is 0.421. The third kappa shape index (κ3) is 3.68. The number of rotatable bonds is 3. The molecule has 7 heteroatoms. The van der Waals surface area contributed by atoms with Crippen LogP contribution < -0.4 is 10.5 Å². The summed E-state index contributed by atoms with van der Waals surface area (Å²) in [4.78, 5) is 12.8. The van der Waals surface area contributed by atoms with Crippen LogP contribution in [0.25, 0.3) is 0 Å². The second kappa shape index (κ2) is 6.25. The number of amides is 1. The first kappa shape index (κ1) is 18.7. The van der Waals surface area contributed by atoms with Crippen molar-refractivity contribution in [2.24, 2.45) is 10.6 Å². The minimum atomic E-state index is -3.87. The third-order valence-corrected chi connectivity index (χ3v) is 5.73. The first-order chi connectivity index (χ1) is 12.0. The van der Waals surface area contributed by atoms with Crippen molar-refractivity contribution in [1.82, 2.24) is 5.32 Å². The number of benzene rings is 1. The minimum Gasteiger partial charge on any atom is -0.466 e. The van der Waals surface area contributed by atoms with Crippen LogP contribution in [0, 0.1) is 19.3 Å². The molecular weight excluding hydrogens is 352 g/mol. The van der Waals surface area contributed by atoms with Crippen LogP contribution in [-0.2, 0) is 16.4 Å². The van der Waals surface area contributed by atoms with Crippen molar-refractivity contribution in [2.75, 3.05) is 0 Å². The van der Waals surface area contributed by atoms with Crippen LogP contribution in [0.3, 0.4) is 0 Å². The smallest absolute Gasteiger partial charge is 0.252 e. The van der Waals surface area contributed by atoms with Crippen LogP contribution in [0.2, 0.25) is 0 Å². The van der Waals surface area contributed by atoms with E-state index in [9.17, 15) is 13.2 Å². The Hall–Kier alpha value is -2.12. The Kier molecular flexibility index (Phi) is 4.48. The van der Waals surface area contributed by atoms with Gasteiger partial charge in [-0.05, 0) is 49.4 Å². The zero-order chi connectivity index (χ0) is 19.3. The van der Waals surface area contributed by atoms with E-state index in [1.165, 1.54) is 12.1 Å². The van der Waals surface area contributed by atoms with E-state index in [4.69, 9.17) is 9.56 Å². The Balaban J connectivity index is 1.93. The van der Waals surface area contributed by atoms with Crippen molar-refractivity contribution in [3.63, 3.8) is 0 Å².